The van der Waals surface area contributed by atoms with E-state index in [0.717, 1.165) is 17.9 Å². The maximum Gasteiger partial charge on any atom is 0.125 e. The van der Waals surface area contributed by atoms with Crippen molar-refractivity contribution in [2.45, 2.75) is 45.4 Å². The zero-order chi connectivity index (χ0) is 12.5. The van der Waals surface area contributed by atoms with Crippen molar-refractivity contribution >= 4 is 0 Å². The van der Waals surface area contributed by atoms with Crippen LogP contribution in [0.25, 0.3) is 0 Å². The smallest absolute Gasteiger partial charge is 0.125 e. The average Bonchev–Trinajstić information content (AvgIpc) is 2.38. The minimum absolute atomic E-state index is 0.944. The Balaban J connectivity index is 2.55. The number of hydrogen-bond donors (Lipinski definition) is 0. The fraction of sp³-hybridized carbons (Fsp3) is 0.600. The number of benzene rings is 1. The van der Waals surface area contributed by atoms with E-state index in [2.05, 4.69) is 6.92 Å². The molecule has 0 bridgehead atoms. The van der Waals surface area contributed by atoms with Crippen LogP contribution in [-0.2, 0) is 6.42 Å². The molecular weight excluding hydrogens is 212 g/mol. The average molecular weight is 236 g/mol. The summed E-state index contributed by atoms with van der Waals surface area (Å²) in [5, 5.41) is 0. The van der Waals surface area contributed by atoms with Gasteiger partial charge in [0.25, 0.3) is 0 Å². The van der Waals surface area contributed by atoms with Crippen molar-refractivity contribution in [1.29, 1.82) is 0 Å². The van der Waals surface area contributed by atoms with Crippen LogP contribution < -0.4 is 9.47 Å². The molecule has 17 heavy (non-hydrogen) atoms. The van der Waals surface area contributed by atoms with E-state index in [4.69, 9.17) is 9.47 Å². The van der Waals surface area contributed by atoms with Crippen LogP contribution in [0.5, 0.6) is 11.5 Å². The molecule has 0 saturated carbocycles. The van der Waals surface area contributed by atoms with Gasteiger partial charge in [0.1, 0.15) is 11.5 Å². The van der Waals surface area contributed by atoms with Gasteiger partial charge in [-0.1, -0.05) is 38.7 Å². The Morgan fingerprint density at radius 1 is 0.882 bits per heavy atom. The minimum atomic E-state index is 0.944. The fourth-order valence-corrected chi connectivity index (χ4v) is 2.08. The molecule has 2 nitrogen and oxygen atoms in total. The monoisotopic (exact) mass is 236 g/mol. The Morgan fingerprint density at radius 3 is 2.00 bits per heavy atom. The Bertz CT molecular complexity index is 298. The fourth-order valence-electron chi connectivity index (χ4n) is 2.08. The van der Waals surface area contributed by atoms with Gasteiger partial charge in [-0.2, -0.15) is 0 Å². The summed E-state index contributed by atoms with van der Waals surface area (Å²) in [7, 11) is 3.44. The van der Waals surface area contributed by atoms with Gasteiger partial charge in [0.2, 0.25) is 0 Å². The first-order valence-corrected chi connectivity index (χ1v) is 6.53. The summed E-state index contributed by atoms with van der Waals surface area (Å²) in [4.78, 5) is 0. The zero-order valence-corrected chi connectivity index (χ0v) is 11.3. The molecule has 0 saturated heterocycles. The van der Waals surface area contributed by atoms with Crippen LogP contribution in [-0.4, -0.2) is 14.2 Å². The number of rotatable bonds is 8. The molecule has 1 rings (SSSR count). The lowest BCUT2D eigenvalue weighted by Gasteiger charge is -2.12. The maximum atomic E-state index is 5.39. The van der Waals surface area contributed by atoms with Crippen molar-refractivity contribution in [2.24, 2.45) is 0 Å². The molecule has 0 radical (unpaired) electrons. The summed E-state index contributed by atoms with van der Waals surface area (Å²) in [5.41, 5.74) is 1.20. The van der Waals surface area contributed by atoms with E-state index in [1.54, 1.807) is 14.2 Å². The number of methoxy groups -OCH3 is 2. The van der Waals surface area contributed by atoms with Gasteiger partial charge in [0, 0.05) is 5.56 Å². The SMILES string of the molecule is CCCCCCCc1c(OC)cccc1OC. The summed E-state index contributed by atoms with van der Waals surface area (Å²) in [5.74, 6) is 1.89. The van der Waals surface area contributed by atoms with Crippen LogP contribution >= 0.6 is 0 Å². The number of ether oxygens (including phenoxy) is 2. The standard InChI is InChI=1S/C15H24O2/c1-4-5-6-7-8-10-13-14(16-2)11-9-12-15(13)17-3/h9,11-12H,4-8,10H2,1-3H3. The summed E-state index contributed by atoms with van der Waals surface area (Å²) in [6.45, 7) is 2.24. The van der Waals surface area contributed by atoms with Crippen molar-refractivity contribution in [3.63, 3.8) is 0 Å². The second-order valence-electron chi connectivity index (χ2n) is 4.31. The van der Waals surface area contributed by atoms with Crippen molar-refractivity contribution in [1.82, 2.24) is 0 Å². The molecule has 2 heteroatoms. The maximum absolute atomic E-state index is 5.39. The third-order valence-corrected chi connectivity index (χ3v) is 3.06. The van der Waals surface area contributed by atoms with Crippen molar-refractivity contribution < 1.29 is 9.47 Å². The van der Waals surface area contributed by atoms with E-state index >= 15 is 0 Å². The predicted octanol–water partition coefficient (Wildman–Crippen LogP) is 4.22. The zero-order valence-electron chi connectivity index (χ0n) is 11.3. The van der Waals surface area contributed by atoms with Crippen LogP contribution in [0.15, 0.2) is 18.2 Å². The third kappa shape index (κ3) is 4.29. The molecule has 0 aromatic heterocycles. The van der Waals surface area contributed by atoms with Gasteiger partial charge < -0.3 is 9.47 Å². The van der Waals surface area contributed by atoms with Crippen LogP contribution in [0.1, 0.15) is 44.6 Å². The summed E-state index contributed by atoms with van der Waals surface area (Å²) in [6, 6.07) is 5.98. The first kappa shape index (κ1) is 13.9. The van der Waals surface area contributed by atoms with Gasteiger partial charge in [0.15, 0.2) is 0 Å². The first-order chi connectivity index (χ1) is 8.33. The van der Waals surface area contributed by atoms with Gasteiger partial charge in [0.05, 0.1) is 14.2 Å². The molecule has 0 aliphatic rings. The van der Waals surface area contributed by atoms with E-state index in [1.807, 2.05) is 18.2 Å². The molecule has 0 spiro atoms. The Hall–Kier alpha value is -1.18. The summed E-state index contributed by atoms with van der Waals surface area (Å²) in [6.07, 6.45) is 7.48. The van der Waals surface area contributed by atoms with E-state index < -0.39 is 0 Å². The largest absolute Gasteiger partial charge is 0.496 e. The Morgan fingerprint density at radius 2 is 1.47 bits per heavy atom. The van der Waals surface area contributed by atoms with Gasteiger partial charge in [-0.05, 0) is 25.0 Å². The molecule has 1 aromatic rings. The Kier molecular flexibility index (Phi) is 6.53. The molecule has 0 aliphatic heterocycles. The molecule has 0 heterocycles. The van der Waals surface area contributed by atoms with Crippen LogP contribution in [0.2, 0.25) is 0 Å². The molecule has 0 unspecified atom stereocenters. The van der Waals surface area contributed by atoms with Gasteiger partial charge >= 0.3 is 0 Å². The van der Waals surface area contributed by atoms with Gasteiger partial charge in [-0.25, -0.2) is 0 Å². The lowest BCUT2D eigenvalue weighted by atomic mass is 10.0. The molecule has 0 atom stereocenters. The molecule has 96 valence electrons. The lowest BCUT2D eigenvalue weighted by Crippen LogP contribution is -1.97. The van der Waals surface area contributed by atoms with E-state index in [1.165, 1.54) is 37.7 Å². The predicted molar refractivity (Wildman–Crippen MR) is 72.0 cm³/mol. The van der Waals surface area contributed by atoms with Crippen molar-refractivity contribution in [2.75, 3.05) is 14.2 Å². The van der Waals surface area contributed by atoms with Crippen LogP contribution in [0.4, 0.5) is 0 Å². The molecule has 1 aromatic carbocycles. The highest BCUT2D eigenvalue weighted by atomic mass is 16.5. The number of hydrogen-bond acceptors (Lipinski definition) is 2. The molecular formula is C15H24O2. The van der Waals surface area contributed by atoms with Crippen LogP contribution in [0, 0.1) is 0 Å². The van der Waals surface area contributed by atoms with Gasteiger partial charge in [-0.15, -0.1) is 0 Å². The normalized spacial score (nSPS) is 10.3. The number of unbranched alkanes of at least 4 members (excludes halogenated alkanes) is 4. The van der Waals surface area contributed by atoms with Gasteiger partial charge in [-0.3, -0.25) is 0 Å². The highest BCUT2D eigenvalue weighted by molar-refractivity contribution is 5.44. The van der Waals surface area contributed by atoms with E-state index in [0.29, 0.717) is 0 Å². The Labute approximate surface area is 105 Å². The minimum Gasteiger partial charge on any atom is -0.496 e. The third-order valence-electron chi connectivity index (χ3n) is 3.06. The lowest BCUT2D eigenvalue weighted by molar-refractivity contribution is 0.384. The van der Waals surface area contributed by atoms with Crippen LogP contribution in [0.3, 0.4) is 0 Å². The second kappa shape index (κ2) is 7.99. The van der Waals surface area contributed by atoms with E-state index in [9.17, 15) is 0 Å². The van der Waals surface area contributed by atoms with Crippen molar-refractivity contribution in [3.05, 3.63) is 23.8 Å². The second-order valence-corrected chi connectivity index (χ2v) is 4.31. The topological polar surface area (TPSA) is 18.5 Å². The highest BCUT2D eigenvalue weighted by Crippen LogP contribution is 2.29. The van der Waals surface area contributed by atoms with E-state index in [-0.39, 0.29) is 0 Å². The molecule has 0 fully saturated rings. The highest BCUT2D eigenvalue weighted by Gasteiger charge is 2.08. The molecule has 0 N–H and O–H groups in total. The quantitative estimate of drug-likeness (QED) is 0.629. The van der Waals surface area contributed by atoms with Crippen molar-refractivity contribution in [3.8, 4) is 11.5 Å². The summed E-state index contributed by atoms with van der Waals surface area (Å²) >= 11 is 0. The first-order valence-electron chi connectivity index (χ1n) is 6.53. The molecule has 0 aliphatic carbocycles. The summed E-state index contributed by atoms with van der Waals surface area (Å²) < 4.78 is 10.8. The molecule has 0 amide bonds.